The smallest absolute Gasteiger partial charge is 0.194 e. The Kier molecular flexibility index (Phi) is 6.43. The van der Waals surface area contributed by atoms with Gasteiger partial charge in [0.05, 0.1) is 6.10 Å². The normalized spacial score (nSPS) is 30.4. The first-order valence-electron chi connectivity index (χ1n) is 9.82. The lowest BCUT2D eigenvalue weighted by atomic mass is 9.81. The molecule has 0 amide bonds. The minimum atomic E-state index is -1.38. The van der Waals surface area contributed by atoms with E-state index in [0.717, 1.165) is 50.3 Å². The number of rotatable bonds is 5. The Balaban J connectivity index is 1.43. The van der Waals surface area contributed by atoms with Gasteiger partial charge in [-0.1, -0.05) is 26.2 Å². The monoisotopic (exact) mass is 354 g/mol. The van der Waals surface area contributed by atoms with Crippen molar-refractivity contribution in [2.75, 3.05) is 6.61 Å². The van der Waals surface area contributed by atoms with Gasteiger partial charge in [0.15, 0.2) is 17.5 Å². The van der Waals surface area contributed by atoms with Gasteiger partial charge in [-0.15, -0.1) is 0 Å². The summed E-state index contributed by atoms with van der Waals surface area (Å²) in [4.78, 5) is 0. The molecule has 1 nitrogen and oxygen atoms in total. The molecule has 2 aliphatic carbocycles. The summed E-state index contributed by atoms with van der Waals surface area (Å²) in [6.07, 6.45) is 10.3. The molecule has 0 saturated heterocycles. The summed E-state index contributed by atoms with van der Waals surface area (Å²) in [5, 5.41) is 0. The second-order valence-corrected chi connectivity index (χ2v) is 7.90. The number of ether oxygens (including phenoxy) is 1. The minimum absolute atomic E-state index is 0.101. The summed E-state index contributed by atoms with van der Waals surface area (Å²) in [6, 6.07) is 2.30. The van der Waals surface area contributed by atoms with Crippen molar-refractivity contribution in [3.63, 3.8) is 0 Å². The molecule has 25 heavy (non-hydrogen) atoms. The van der Waals surface area contributed by atoms with E-state index < -0.39 is 17.5 Å². The molecule has 0 atom stereocenters. The lowest BCUT2D eigenvalue weighted by molar-refractivity contribution is -0.00466. The van der Waals surface area contributed by atoms with Crippen molar-refractivity contribution in [3.8, 4) is 0 Å². The third kappa shape index (κ3) is 4.78. The highest BCUT2D eigenvalue weighted by atomic mass is 19.2. The van der Waals surface area contributed by atoms with Crippen molar-refractivity contribution in [3.05, 3.63) is 35.1 Å². The molecule has 2 fully saturated rings. The van der Waals surface area contributed by atoms with Crippen LogP contribution in [0.2, 0.25) is 0 Å². The fraction of sp³-hybridized carbons (Fsp3) is 0.714. The highest BCUT2D eigenvalue weighted by Gasteiger charge is 2.26. The van der Waals surface area contributed by atoms with E-state index in [-0.39, 0.29) is 12.0 Å². The standard InChI is InChI=1S/C21H29F3O/c1-2-14-3-5-15(6-4-14)13-25-18-9-7-16(8-10-18)17-11-19(22)21(24)20(23)12-17/h11-12,14-16,18H,2-10,13H2,1H3. The van der Waals surface area contributed by atoms with Crippen LogP contribution in [0.1, 0.15) is 76.2 Å². The molecule has 0 radical (unpaired) electrons. The van der Waals surface area contributed by atoms with Crippen molar-refractivity contribution >= 4 is 0 Å². The quantitative estimate of drug-likeness (QED) is 0.559. The molecular formula is C21H29F3O. The molecule has 0 unspecified atom stereocenters. The molecule has 4 heteroatoms. The van der Waals surface area contributed by atoms with Crippen molar-refractivity contribution in [1.82, 2.24) is 0 Å². The zero-order valence-corrected chi connectivity index (χ0v) is 15.1. The Morgan fingerprint density at radius 1 is 0.840 bits per heavy atom. The van der Waals surface area contributed by atoms with E-state index in [9.17, 15) is 13.2 Å². The first-order valence-corrected chi connectivity index (χ1v) is 9.82. The fourth-order valence-electron chi connectivity index (χ4n) is 4.45. The van der Waals surface area contributed by atoms with Crippen molar-refractivity contribution in [2.24, 2.45) is 11.8 Å². The minimum Gasteiger partial charge on any atom is -0.378 e. The Morgan fingerprint density at radius 2 is 1.40 bits per heavy atom. The number of benzene rings is 1. The molecule has 0 heterocycles. The van der Waals surface area contributed by atoms with E-state index >= 15 is 0 Å². The predicted octanol–water partition coefficient (Wildman–Crippen LogP) is 6.36. The molecule has 0 aliphatic heterocycles. The van der Waals surface area contributed by atoms with Gasteiger partial charge >= 0.3 is 0 Å². The second kappa shape index (κ2) is 8.57. The van der Waals surface area contributed by atoms with Gasteiger partial charge in [0, 0.05) is 6.61 Å². The third-order valence-corrected chi connectivity index (χ3v) is 6.26. The topological polar surface area (TPSA) is 9.23 Å². The summed E-state index contributed by atoms with van der Waals surface area (Å²) in [7, 11) is 0. The number of hydrogen-bond donors (Lipinski definition) is 0. The molecule has 0 aromatic heterocycles. The van der Waals surface area contributed by atoms with Crippen LogP contribution in [0, 0.1) is 29.3 Å². The maximum absolute atomic E-state index is 13.4. The summed E-state index contributed by atoms with van der Waals surface area (Å²) >= 11 is 0. The summed E-state index contributed by atoms with van der Waals surface area (Å²) in [5.41, 5.74) is 0.577. The molecule has 2 aliphatic rings. The Labute approximate surface area is 149 Å². The van der Waals surface area contributed by atoms with Crippen molar-refractivity contribution < 1.29 is 17.9 Å². The van der Waals surface area contributed by atoms with Crippen LogP contribution in [0.5, 0.6) is 0 Å². The average Bonchev–Trinajstić information content (AvgIpc) is 2.65. The fourth-order valence-corrected chi connectivity index (χ4v) is 4.45. The van der Waals surface area contributed by atoms with Crippen LogP contribution in [0.15, 0.2) is 12.1 Å². The molecule has 0 bridgehead atoms. The first kappa shape index (κ1) is 18.8. The van der Waals surface area contributed by atoms with E-state index in [4.69, 9.17) is 4.74 Å². The average molecular weight is 354 g/mol. The molecule has 1 aromatic rings. The van der Waals surface area contributed by atoms with Crippen LogP contribution in [0.25, 0.3) is 0 Å². The Hall–Kier alpha value is -1.03. The summed E-state index contributed by atoms with van der Waals surface area (Å²) in [5.74, 6) is -1.85. The van der Waals surface area contributed by atoms with Crippen LogP contribution in [-0.2, 0) is 4.74 Å². The van der Waals surface area contributed by atoms with Crippen molar-refractivity contribution in [2.45, 2.75) is 76.7 Å². The molecule has 0 spiro atoms. The van der Waals surface area contributed by atoms with Gasteiger partial charge in [0.25, 0.3) is 0 Å². The highest BCUT2D eigenvalue weighted by molar-refractivity contribution is 5.23. The predicted molar refractivity (Wildman–Crippen MR) is 93.0 cm³/mol. The maximum atomic E-state index is 13.4. The number of hydrogen-bond acceptors (Lipinski definition) is 1. The summed E-state index contributed by atoms with van der Waals surface area (Å²) in [6.45, 7) is 3.13. The van der Waals surface area contributed by atoms with Crippen LogP contribution in [0.4, 0.5) is 13.2 Å². The Morgan fingerprint density at radius 3 is 1.96 bits per heavy atom. The second-order valence-electron chi connectivity index (χ2n) is 7.90. The lowest BCUT2D eigenvalue weighted by Crippen LogP contribution is -2.25. The van der Waals surface area contributed by atoms with Crippen LogP contribution < -0.4 is 0 Å². The largest absolute Gasteiger partial charge is 0.378 e. The van der Waals surface area contributed by atoms with Crippen molar-refractivity contribution in [1.29, 1.82) is 0 Å². The zero-order chi connectivity index (χ0) is 17.8. The van der Waals surface area contributed by atoms with Gasteiger partial charge in [0.2, 0.25) is 0 Å². The van der Waals surface area contributed by atoms with Gasteiger partial charge in [0.1, 0.15) is 0 Å². The lowest BCUT2D eigenvalue weighted by Gasteiger charge is -2.32. The maximum Gasteiger partial charge on any atom is 0.194 e. The van der Waals surface area contributed by atoms with Gasteiger partial charge in [-0.3, -0.25) is 0 Å². The van der Waals surface area contributed by atoms with Gasteiger partial charge in [-0.2, -0.15) is 0 Å². The molecule has 2 saturated carbocycles. The van der Waals surface area contributed by atoms with E-state index in [2.05, 4.69) is 6.92 Å². The van der Waals surface area contributed by atoms with Gasteiger partial charge in [-0.05, 0) is 74.0 Å². The van der Waals surface area contributed by atoms with Crippen LogP contribution in [0.3, 0.4) is 0 Å². The molecule has 0 N–H and O–H groups in total. The molecule has 1 aromatic carbocycles. The highest BCUT2D eigenvalue weighted by Crippen LogP contribution is 2.36. The van der Waals surface area contributed by atoms with Crippen LogP contribution >= 0.6 is 0 Å². The molecule has 3 rings (SSSR count). The molecule has 140 valence electrons. The molecular weight excluding hydrogens is 325 g/mol. The first-order chi connectivity index (χ1) is 12.1. The van der Waals surface area contributed by atoms with E-state index in [1.54, 1.807) is 0 Å². The SMILES string of the molecule is CCC1CCC(COC2CCC(c3cc(F)c(F)c(F)c3)CC2)CC1. The van der Waals surface area contributed by atoms with Gasteiger partial charge in [-0.25, -0.2) is 13.2 Å². The Bertz CT molecular complexity index is 535. The van der Waals surface area contributed by atoms with Crippen LogP contribution in [-0.4, -0.2) is 12.7 Å². The third-order valence-electron chi connectivity index (χ3n) is 6.26. The van der Waals surface area contributed by atoms with Gasteiger partial charge < -0.3 is 4.74 Å². The zero-order valence-electron chi connectivity index (χ0n) is 15.1. The van der Waals surface area contributed by atoms with E-state index in [1.165, 1.54) is 32.1 Å². The number of halogens is 3. The summed E-state index contributed by atoms with van der Waals surface area (Å²) < 4.78 is 46.1. The van der Waals surface area contributed by atoms with E-state index in [1.807, 2.05) is 0 Å². The van der Waals surface area contributed by atoms with E-state index in [0.29, 0.717) is 11.5 Å².